The molecule has 1 aromatic heterocycles. The molecule has 1 aliphatic heterocycles. The lowest BCUT2D eigenvalue weighted by molar-refractivity contribution is -0.199. The highest BCUT2D eigenvalue weighted by molar-refractivity contribution is 7.89. The summed E-state index contributed by atoms with van der Waals surface area (Å²) >= 11 is 0. The van der Waals surface area contributed by atoms with Gasteiger partial charge in [0.2, 0.25) is 15.8 Å². The van der Waals surface area contributed by atoms with Crippen molar-refractivity contribution in [3.63, 3.8) is 0 Å². The van der Waals surface area contributed by atoms with Crippen molar-refractivity contribution in [2.24, 2.45) is 5.92 Å². The summed E-state index contributed by atoms with van der Waals surface area (Å²) in [6.07, 6.45) is -7.00. The second kappa shape index (κ2) is 10.6. The third-order valence-corrected chi connectivity index (χ3v) is 6.90. The first kappa shape index (κ1) is 26.5. The third kappa shape index (κ3) is 6.94. The Balaban J connectivity index is 1.51. The second-order valence-corrected chi connectivity index (χ2v) is 9.97. The number of alkyl halides is 3. The molecular weight excluding hydrogens is 489 g/mol. The number of hydrogen-bond acceptors (Lipinski definition) is 8. The maximum absolute atomic E-state index is 12.7. The number of hydrogen-bond donors (Lipinski definition) is 1. The van der Waals surface area contributed by atoms with Gasteiger partial charge in [0.1, 0.15) is 0 Å². The van der Waals surface area contributed by atoms with Gasteiger partial charge in [-0.05, 0) is 62.4 Å². The third-order valence-electron chi connectivity index (χ3n) is 5.46. The van der Waals surface area contributed by atoms with Crippen LogP contribution in [0.2, 0.25) is 0 Å². The van der Waals surface area contributed by atoms with E-state index >= 15 is 0 Å². The Labute approximate surface area is 200 Å². The molecule has 3 rings (SSSR count). The van der Waals surface area contributed by atoms with Gasteiger partial charge in [0.05, 0.1) is 4.90 Å². The van der Waals surface area contributed by atoms with Gasteiger partial charge in [-0.15, -0.1) is 20.4 Å². The van der Waals surface area contributed by atoms with Gasteiger partial charge >= 0.3 is 12.3 Å². The van der Waals surface area contributed by atoms with Crippen LogP contribution < -0.4 is 4.72 Å². The first-order valence-electron chi connectivity index (χ1n) is 10.7. The molecular formula is C21H25F3N6O4S. The molecule has 1 saturated heterocycles. The van der Waals surface area contributed by atoms with Crippen molar-refractivity contribution in [3.05, 3.63) is 36.7 Å². The number of likely N-dealkylation sites (tertiary alicyclic amines) is 1. The quantitative estimate of drug-likeness (QED) is 0.597. The van der Waals surface area contributed by atoms with Crippen molar-refractivity contribution in [2.75, 3.05) is 19.6 Å². The fourth-order valence-electron chi connectivity index (χ4n) is 3.22. The first-order chi connectivity index (χ1) is 16.4. The van der Waals surface area contributed by atoms with Gasteiger partial charge < -0.3 is 9.64 Å². The Bertz CT molecular complexity index is 1150. The molecule has 1 unspecified atom stereocenters. The molecule has 1 aromatic carbocycles. The lowest BCUT2D eigenvalue weighted by Gasteiger charge is -2.32. The van der Waals surface area contributed by atoms with Crippen molar-refractivity contribution < 1.29 is 31.1 Å². The van der Waals surface area contributed by atoms with Gasteiger partial charge in [-0.3, -0.25) is 0 Å². The zero-order valence-corrected chi connectivity index (χ0v) is 19.9. The molecule has 10 nitrogen and oxygen atoms in total. The maximum atomic E-state index is 12.7. The Kier molecular flexibility index (Phi) is 8.05. The molecule has 1 atom stereocenters. The van der Waals surface area contributed by atoms with Crippen molar-refractivity contribution >= 4 is 21.7 Å². The monoisotopic (exact) mass is 514 g/mol. The van der Waals surface area contributed by atoms with Crippen LogP contribution in [-0.2, 0) is 14.8 Å². The standard InChI is InChI=1S/C21H25F3N6O4S/c1-13(2)18-26-28-19(29-27-18)16-4-6-17(7-5-16)35(32,33)25-12-15-8-10-30(11-9-15)20(31)34-14(3)21(22,23)24/h4-7,14-15,25H,1,8-12H2,2-3H3. The fourth-order valence-corrected chi connectivity index (χ4v) is 4.34. The van der Waals surface area contributed by atoms with Crippen molar-refractivity contribution in [3.8, 4) is 11.4 Å². The molecule has 190 valence electrons. The van der Waals surface area contributed by atoms with Crippen LogP contribution in [0.25, 0.3) is 17.0 Å². The summed E-state index contributed by atoms with van der Waals surface area (Å²) in [6.45, 7) is 6.69. The van der Waals surface area contributed by atoms with Crippen LogP contribution in [0, 0.1) is 5.92 Å². The number of aromatic nitrogens is 4. The zero-order valence-electron chi connectivity index (χ0n) is 19.1. The molecule has 0 bridgehead atoms. The molecule has 2 aromatic rings. The smallest absolute Gasteiger partial charge is 0.425 e. The van der Waals surface area contributed by atoms with Gasteiger partial charge in [-0.2, -0.15) is 13.2 Å². The summed E-state index contributed by atoms with van der Waals surface area (Å²) in [7, 11) is -3.80. The number of piperidine rings is 1. The molecule has 14 heteroatoms. The van der Waals surface area contributed by atoms with E-state index in [-0.39, 0.29) is 36.3 Å². The highest BCUT2D eigenvalue weighted by Gasteiger charge is 2.40. The molecule has 0 radical (unpaired) electrons. The van der Waals surface area contributed by atoms with E-state index in [1.54, 1.807) is 19.1 Å². The molecule has 35 heavy (non-hydrogen) atoms. The van der Waals surface area contributed by atoms with E-state index in [4.69, 9.17) is 0 Å². The number of halogens is 3. The molecule has 0 aliphatic carbocycles. The Hall–Kier alpha value is -3.13. The number of ether oxygens (including phenoxy) is 1. The van der Waals surface area contributed by atoms with Crippen LogP contribution in [0.4, 0.5) is 18.0 Å². The Morgan fingerprint density at radius 2 is 1.74 bits per heavy atom. The van der Waals surface area contributed by atoms with E-state index in [0.717, 1.165) is 6.92 Å². The zero-order chi connectivity index (χ0) is 25.8. The van der Waals surface area contributed by atoms with Crippen LogP contribution in [0.5, 0.6) is 0 Å². The molecule has 1 aliphatic rings. The van der Waals surface area contributed by atoms with Crippen molar-refractivity contribution in [1.82, 2.24) is 30.0 Å². The number of carbonyl (C=O) groups is 1. The van der Waals surface area contributed by atoms with Gasteiger partial charge in [0.25, 0.3) is 0 Å². The minimum Gasteiger partial charge on any atom is -0.437 e. The summed E-state index contributed by atoms with van der Waals surface area (Å²) in [6, 6.07) is 5.90. The highest BCUT2D eigenvalue weighted by Crippen LogP contribution is 2.25. The molecule has 2 heterocycles. The molecule has 0 spiro atoms. The fraction of sp³-hybridized carbons (Fsp3) is 0.476. The summed E-state index contributed by atoms with van der Waals surface area (Å²) in [5.74, 6) is 0.475. The maximum Gasteiger partial charge on any atom is 0.425 e. The molecule has 1 amide bonds. The van der Waals surface area contributed by atoms with Gasteiger partial charge in [-0.25, -0.2) is 17.9 Å². The first-order valence-corrected chi connectivity index (χ1v) is 12.2. The number of nitrogens with one attached hydrogen (secondary N) is 1. The topological polar surface area (TPSA) is 127 Å². The lowest BCUT2D eigenvalue weighted by Crippen LogP contribution is -2.44. The number of allylic oxidation sites excluding steroid dienone is 1. The molecule has 0 saturated carbocycles. The average molecular weight is 515 g/mol. The SMILES string of the molecule is C=C(C)c1nnc(-c2ccc(S(=O)(=O)NCC3CCN(C(=O)OC(C)C(F)(F)F)CC3)cc2)nn1. The summed E-state index contributed by atoms with van der Waals surface area (Å²) in [5, 5.41) is 15.8. The molecule has 1 N–H and O–H groups in total. The number of rotatable bonds is 7. The summed E-state index contributed by atoms with van der Waals surface area (Å²) in [4.78, 5) is 13.2. The minimum atomic E-state index is -4.62. The van der Waals surface area contributed by atoms with E-state index in [9.17, 15) is 26.4 Å². The lowest BCUT2D eigenvalue weighted by atomic mass is 9.97. The number of sulfonamides is 1. The Morgan fingerprint density at radius 1 is 1.17 bits per heavy atom. The van der Waals surface area contributed by atoms with Crippen LogP contribution >= 0.6 is 0 Å². The number of carbonyl (C=O) groups excluding carboxylic acids is 1. The van der Waals surface area contributed by atoms with Crippen LogP contribution in [0.15, 0.2) is 35.7 Å². The predicted molar refractivity (Wildman–Crippen MR) is 119 cm³/mol. The van der Waals surface area contributed by atoms with E-state index in [2.05, 4.69) is 36.4 Å². The number of amides is 1. The van der Waals surface area contributed by atoms with E-state index < -0.39 is 28.4 Å². The number of nitrogens with zero attached hydrogens (tertiary/aromatic N) is 5. The van der Waals surface area contributed by atoms with Crippen LogP contribution in [0.1, 0.15) is 32.5 Å². The second-order valence-electron chi connectivity index (χ2n) is 8.20. The van der Waals surface area contributed by atoms with Gasteiger partial charge in [0, 0.05) is 25.2 Å². The van der Waals surface area contributed by atoms with E-state index in [0.29, 0.717) is 29.8 Å². The normalized spacial score (nSPS) is 16.1. The largest absolute Gasteiger partial charge is 0.437 e. The highest BCUT2D eigenvalue weighted by atomic mass is 32.2. The average Bonchev–Trinajstić information content (AvgIpc) is 2.82. The summed E-state index contributed by atoms with van der Waals surface area (Å²) < 4.78 is 70.0. The summed E-state index contributed by atoms with van der Waals surface area (Å²) in [5.41, 5.74) is 1.15. The van der Waals surface area contributed by atoms with Gasteiger partial charge in [-0.1, -0.05) is 6.58 Å². The minimum absolute atomic E-state index is 0.0443. The Morgan fingerprint density at radius 3 is 2.26 bits per heavy atom. The van der Waals surface area contributed by atoms with Gasteiger partial charge in [0.15, 0.2) is 11.9 Å². The molecule has 1 fully saturated rings. The van der Waals surface area contributed by atoms with Crippen molar-refractivity contribution in [2.45, 2.75) is 43.9 Å². The number of benzene rings is 1. The van der Waals surface area contributed by atoms with Crippen LogP contribution in [-0.4, -0.2) is 71.7 Å². The van der Waals surface area contributed by atoms with E-state index in [1.165, 1.54) is 17.0 Å². The van der Waals surface area contributed by atoms with Crippen molar-refractivity contribution in [1.29, 1.82) is 0 Å². The van der Waals surface area contributed by atoms with Crippen LogP contribution in [0.3, 0.4) is 0 Å². The van der Waals surface area contributed by atoms with E-state index in [1.807, 2.05) is 0 Å². The predicted octanol–water partition coefficient (Wildman–Crippen LogP) is 3.04.